The summed E-state index contributed by atoms with van der Waals surface area (Å²) in [5.41, 5.74) is 8.07. The molecule has 0 aliphatic heterocycles. The number of anilines is 1. The van der Waals surface area contributed by atoms with Crippen LogP contribution in [0.2, 0.25) is 0 Å². The molecule has 0 saturated carbocycles. The summed E-state index contributed by atoms with van der Waals surface area (Å²) in [4.78, 5) is 8.41. The first-order valence-corrected chi connectivity index (χ1v) is 6.59. The largest absolute Gasteiger partial charge is 0.399 e. The summed E-state index contributed by atoms with van der Waals surface area (Å²) in [7, 11) is 0. The number of aryl methyl sites for hydroxylation is 1. The number of nitrogen functional groups attached to an aromatic ring is 1. The summed E-state index contributed by atoms with van der Waals surface area (Å²) >= 11 is 1.44. The van der Waals surface area contributed by atoms with Gasteiger partial charge in [-0.25, -0.2) is 9.97 Å². The lowest BCUT2D eigenvalue weighted by atomic mass is 10.1. The Labute approximate surface area is 110 Å². The van der Waals surface area contributed by atoms with Gasteiger partial charge in [0.05, 0.1) is 6.10 Å². The Hall–Kier alpha value is -1.59. The van der Waals surface area contributed by atoms with Crippen LogP contribution in [-0.2, 0) is 0 Å². The van der Waals surface area contributed by atoms with Crippen molar-refractivity contribution < 1.29 is 5.11 Å². The van der Waals surface area contributed by atoms with Crippen LogP contribution in [0.15, 0.2) is 41.7 Å². The summed E-state index contributed by atoms with van der Waals surface area (Å²) in [5, 5.41) is 10.7. The quantitative estimate of drug-likeness (QED) is 0.501. The number of aliphatic hydroxyl groups is 1. The van der Waals surface area contributed by atoms with Crippen LogP contribution in [-0.4, -0.2) is 20.8 Å². The molecule has 5 heteroatoms. The maximum Gasteiger partial charge on any atom is 0.187 e. The minimum absolute atomic E-state index is 0.521. The highest BCUT2D eigenvalue weighted by Gasteiger charge is 2.09. The number of hydrogen-bond acceptors (Lipinski definition) is 5. The van der Waals surface area contributed by atoms with E-state index >= 15 is 0 Å². The molecule has 18 heavy (non-hydrogen) atoms. The van der Waals surface area contributed by atoms with Crippen molar-refractivity contribution in [3.63, 3.8) is 0 Å². The van der Waals surface area contributed by atoms with Gasteiger partial charge in [-0.05, 0) is 30.7 Å². The molecular formula is C13H15N3OS. The Morgan fingerprint density at radius 1 is 1.28 bits per heavy atom. The molecule has 0 aliphatic rings. The normalized spacial score (nSPS) is 12.3. The van der Waals surface area contributed by atoms with Crippen LogP contribution in [0, 0.1) is 6.92 Å². The lowest BCUT2D eigenvalue weighted by Gasteiger charge is -2.10. The topological polar surface area (TPSA) is 72.0 Å². The first-order valence-electron chi connectivity index (χ1n) is 5.61. The van der Waals surface area contributed by atoms with Crippen LogP contribution < -0.4 is 5.73 Å². The van der Waals surface area contributed by atoms with Gasteiger partial charge in [-0.3, -0.25) is 0 Å². The van der Waals surface area contributed by atoms with E-state index in [0.717, 1.165) is 11.3 Å². The molecule has 1 heterocycles. The van der Waals surface area contributed by atoms with E-state index in [1.165, 1.54) is 11.8 Å². The van der Waals surface area contributed by atoms with Crippen molar-refractivity contribution in [2.24, 2.45) is 0 Å². The highest BCUT2D eigenvalue weighted by atomic mass is 32.2. The van der Waals surface area contributed by atoms with Crippen molar-refractivity contribution in [1.29, 1.82) is 0 Å². The summed E-state index contributed by atoms with van der Waals surface area (Å²) in [5.74, 6) is 0.521. The first kappa shape index (κ1) is 12.9. The average Bonchev–Trinajstić information content (AvgIpc) is 2.37. The Morgan fingerprint density at radius 3 is 2.67 bits per heavy atom. The van der Waals surface area contributed by atoms with Gasteiger partial charge in [0.1, 0.15) is 0 Å². The maximum atomic E-state index is 10.0. The third-order valence-corrected chi connectivity index (χ3v) is 3.40. The summed E-state index contributed by atoms with van der Waals surface area (Å²) < 4.78 is 0. The fourth-order valence-electron chi connectivity index (χ4n) is 1.46. The van der Waals surface area contributed by atoms with Crippen LogP contribution in [0.4, 0.5) is 5.69 Å². The molecule has 1 atom stereocenters. The van der Waals surface area contributed by atoms with E-state index in [4.69, 9.17) is 5.73 Å². The predicted molar refractivity (Wildman–Crippen MR) is 73.3 cm³/mol. The van der Waals surface area contributed by atoms with E-state index in [9.17, 15) is 5.11 Å². The summed E-state index contributed by atoms with van der Waals surface area (Å²) in [6.45, 7) is 1.92. The number of rotatable bonds is 4. The number of nitrogens with zero attached hydrogens (tertiary/aromatic N) is 2. The number of thioether (sulfide) groups is 1. The van der Waals surface area contributed by atoms with Crippen LogP contribution in [0.5, 0.6) is 0 Å². The Kier molecular flexibility index (Phi) is 4.17. The summed E-state index contributed by atoms with van der Waals surface area (Å²) in [6, 6.07) is 9.08. The lowest BCUT2D eigenvalue weighted by Crippen LogP contribution is -2.01. The van der Waals surface area contributed by atoms with Gasteiger partial charge in [0, 0.05) is 23.3 Å². The second-order valence-electron chi connectivity index (χ2n) is 3.97. The highest BCUT2D eigenvalue weighted by molar-refractivity contribution is 7.99. The minimum Gasteiger partial charge on any atom is -0.399 e. The SMILES string of the molecule is Cc1ccnc(SCC(O)c2ccc(N)cc2)n1. The molecule has 1 unspecified atom stereocenters. The molecule has 1 aromatic carbocycles. The molecule has 0 saturated heterocycles. The summed E-state index contributed by atoms with van der Waals surface area (Å²) in [6.07, 6.45) is 1.18. The van der Waals surface area contributed by atoms with Crippen molar-refractivity contribution in [1.82, 2.24) is 9.97 Å². The van der Waals surface area contributed by atoms with E-state index in [-0.39, 0.29) is 0 Å². The highest BCUT2D eigenvalue weighted by Crippen LogP contribution is 2.22. The first-order chi connectivity index (χ1) is 8.65. The zero-order valence-electron chi connectivity index (χ0n) is 10.1. The van der Waals surface area contributed by atoms with Gasteiger partial charge in [0.2, 0.25) is 0 Å². The molecular weight excluding hydrogens is 246 g/mol. The number of benzene rings is 1. The molecule has 0 fully saturated rings. The molecule has 2 aromatic rings. The second kappa shape index (κ2) is 5.84. The zero-order valence-corrected chi connectivity index (χ0v) is 10.9. The van der Waals surface area contributed by atoms with Gasteiger partial charge in [-0.2, -0.15) is 0 Å². The predicted octanol–water partition coefficient (Wildman–Crippen LogP) is 2.19. The number of hydrogen-bond donors (Lipinski definition) is 2. The third-order valence-electron chi connectivity index (χ3n) is 2.46. The van der Waals surface area contributed by atoms with Gasteiger partial charge in [0.25, 0.3) is 0 Å². The van der Waals surface area contributed by atoms with Crippen LogP contribution >= 0.6 is 11.8 Å². The molecule has 3 N–H and O–H groups in total. The standard InChI is InChI=1S/C13H15N3OS/c1-9-6-7-15-13(16-9)18-8-12(17)10-2-4-11(14)5-3-10/h2-7,12,17H,8,14H2,1H3. The smallest absolute Gasteiger partial charge is 0.187 e. The number of aromatic nitrogens is 2. The lowest BCUT2D eigenvalue weighted by molar-refractivity contribution is 0.204. The van der Waals surface area contributed by atoms with Crippen LogP contribution in [0.25, 0.3) is 0 Å². The van der Waals surface area contributed by atoms with Gasteiger partial charge >= 0.3 is 0 Å². The molecule has 2 rings (SSSR count). The van der Waals surface area contributed by atoms with Crippen molar-refractivity contribution in [2.45, 2.75) is 18.2 Å². The molecule has 0 amide bonds. The van der Waals surface area contributed by atoms with Crippen LogP contribution in [0.3, 0.4) is 0 Å². The molecule has 94 valence electrons. The van der Waals surface area contributed by atoms with Crippen LogP contribution in [0.1, 0.15) is 17.4 Å². The average molecular weight is 261 g/mol. The second-order valence-corrected chi connectivity index (χ2v) is 4.96. The maximum absolute atomic E-state index is 10.0. The molecule has 1 aromatic heterocycles. The molecule has 0 bridgehead atoms. The Morgan fingerprint density at radius 2 is 2.00 bits per heavy atom. The minimum atomic E-state index is -0.542. The van der Waals surface area contributed by atoms with Crippen molar-refractivity contribution >= 4 is 17.4 Å². The van der Waals surface area contributed by atoms with Gasteiger partial charge in [-0.15, -0.1) is 0 Å². The van der Waals surface area contributed by atoms with E-state index in [2.05, 4.69) is 9.97 Å². The van der Waals surface area contributed by atoms with Crippen molar-refractivity contribution in [3.05, 3.63) is 47.8 Å². The molecule has 4 nitrogen and oxygen atoms in total. The Bertz CT molecular complexity index is 516. The number of aliphatic hydroxyl groups excluding tert-OH is 1. The van der Waals surface area contributed by atoms with E-state index < -0.39 is 6.10 Å². The third kappa shape index (κ3) is 3.45. The van der Waals surface area contributed by atoms with Crippen molar-refractivity contribution in [2.75, 3.05) is 11.5 Å². The van der Waals surface area contributed by atoms with E-state index in [1.54, 1.807) is 18.3 Å². The molecule has 0 radical (unpaired) electrons. The van der Waals surface area contributed by atoms with Gasteiger partial charge < -0.3 is 10.8 Å². The number of nitrogens with two attached hydrogens (primary N) is 1. The molecule has 0 aliphatic carbocycles. The van der Waals surface area contributed by atoms with Gasteiger partial charge in [-0.1, -0.05) is 23.9 Å². The van der Waals surface area contributed by atoms with Crippen molar-refractivity contribution in [3.8, 4) is 0 Å². The fourth-order valence-corrected chi connectivity index (χ4v) is 2.31. The van der Waals surface area contributed by atoms with E-state index in [0.29, 0.717) is 16.6 Å². The Balaban J connectivity index is 1.96. The fraction of sp³-hybridized carbons (Fsp3) is 0.231. The van der Waals surface area contributed by atoms with Gasteiger partial charge in [0.15, 0.2) is 5.16 Å². The monoisotopic (exact) mass is 261 g/mol. The van der Waals surface area contributed by atoms with E-state index in [1.807, 2.05) is 25.1 Å². The molecule has 0 spiro atoms. The zero-order chi connectivity index (χ0) is 13.0.